The van der Waals surface area contributed by atoms with Crippen LogP contribution >= 0.6 is 0 Å². The minimum absolute atomic E-state index is 0.183. The highest BCUT2D eigenvalue weighted by Gasteiger charge is 2.35. The number of para-hydroxylation sites is 1. The molecule has 0 unspecified atom stereocenters. The summed E-state index contributed by atoms with van der Waals surface area (Å²) in [6.07, 6.45) is -5.93. The van der Waals surface area contributed by atoms with E-state index in [1.54, 1.807) is 18.2 Å². The molecular formula is C14H9F4NO2. The van der Waals surface area contributed by atoms with Crippen LogP contribution in [0.1, 0.15) is 5.56 Å². The van der Waals surface area contributed by atoms with Crippen molar-refractivity contribution in [3.8, 4) is 5.75 Å². The fraction of sp³-hybridized carbons (Fsp3) is 0.0714. The second-order valence-electron chi connectivity index (χ2n) is 3.99. The molecule has 0 radical (unpaired) electrons. The summed E-state index contributed by atoms with van der Waals surface area (Å²) in [6, 6.07) is 10.4. The van der Waals surface area contributed by atoms with Crippen molar-refractivity contribution in [2.24, 2.45) is 0 Å². The standard InChI is InChI=1S/C14H9F4NO2/c15-12-10(14(16,17)18)7-4-8-11(12)19-13(20)21-9-5-2-1-3-6-9/h1-8H,(H,19,20). The van der Waals surface area contributed by atoms with Gasteiger partial charge in [0.15, 0.2) is 5.82 Å². The van der Waals surface area contributed by atoms with Crippen molar-refractivity contribution < 1.29 is 27.1 Å². The van der Waals surface area contributed by atoms with Crippen LogP contribution in [0.15, 0.2) is 48.5 Å². The normalized spacial score (nSPS) is 11.0. The van der Waals surface area contributed by atoms with Gasteiger partial charge in [-0.05, 0) is 24.3 Å². The van der Waals surface area contributed by atoms with E-state index in [2.05, 4.69) is 0 Å². The number of carbonyl (C=O) groups is 1. The van der Waals surface area contributed by atoms with Crippen molar-refractivity contribution in [1.82, 2.24) is 0 Å². The summed E-state index contributed by atoms with van der Waals surface area (Å²) in [5.74, 6) is -1.38. The summed E-state index contributed by atoms with van der Waals surface area (Å²) in [5.41, 5.74) is -2.06. The first-order valence-electron chi connectivity index (χ1n) is 5.77. The lowest BCUT2D eigenvalue weighted by molar-refractivity contribution is -0.139. The Morgan fingerprint density at radius 2 is 1.67 bits per heavy atom. The molecule has 0 aliphatic carbocycles. The molecule has 0 heterocycles. The average Bonchev–Trinajstić information content (AvgIpc) is 2.41. The highest BCUT2D eigenvalue weighted by atomic mass is 19.4. The monoisotopic (exact) mass is 299 g/mol. The quantitative estimate of drug-likeness (QED) is 0.832. The van der Waals surface area contributed by atoms with E-state index in [-0.39, 0.29) is 5.75 Å². The third kappa shape index (κ3) is 3.71. The lowest BCUT2D eigenvalue weighted by Gasteiger charge is -2.12. The first-order chi connectivity index (χ1) is 9.88. The van der Waals surface area contributed by atoms with Gasteiger partial charge in [0.25, 0.3) is 0 Å². The first kappa shape index (κ1) is 14.8. The Balaban J connectivity index is 2.15. The molecular weight excluding hydrogens is 290 g/mol. The Bertz CT molecular complexity index is 641. The van der Waals surface area contributed by atoms with E-state index in [0.717, 1.165) is 12.1 Å². The fourth-order valence-corrected chi connectivity index (χ4v) is 1.58. The van der Waals surface area contributed by atoms with E-state index in [1.165, 1.54) is 12.1 Å². The fourth-order valence-electron chi connectivity index (χ4n) is 1.58. The van der Waals surface area contributed by atoms with Gasteiger partial charge >= 0.3 is 12.3 Å². The second-order valence-corrected chi connectivity index (χ2v) is 3.99. The second kappa shape index (κ2) is 5.82. The molecule has 0 fully saturated rings. The Kier molecular flexibility index (Phi) is 4.11. The van der Waals surface area contributed by atoms with Gasteiger partial charge in [-0.1, -0.05) is 24.3 Å². The van der Waals surface area contributed by atoms with Crippen LogP contribution in [0.2, 0.25) is 0 Å². The van der Waals surface area contributed by atoms with Gasteiger partial charge in [0.1, 0.15) is 5.75 Å². The van der Waals surface area contributed by atoms with E-state index in [4.69, 9.17) is 4.74 Å². The molecule has 2 aromatic rings. The maximum absolute atomic E-state index is 13.7. The number of benzene rings is 2. The van der Waals surface area contributed by atoms with Crippen molar-refractivity contribution >= 4 is 11.8 Å². The number of nitrogens with one attached hydrogen (secondary N) is 1. The molecule has 21 heavy (non-hydrogen) atoms. The van der Waals surface area contributed by atoms with Crippen molar-refractivity contribution in [3.63, 3.8) is 0 Å². The maximum atomic E-state index is 13.7. The molecule has 0 aromatic heterocycles. The molecule has 0 saturated heterocycles. The van der Waals surface area contributed by atoms with Crippen molar-refractivity contribution in [3.05, 3.63) is 59.9 Å². The van der Waals surface area contributed by atoms with E-state index < -0.39 is 29.3 Å². The van der Waals surface area contributed by atoms with Crippen LogP contribution in [0, 0.1) is 5.82 Å². The molecule has 0 aliphatic heterocycles. The van der Waals surface area contributed by atoms with Gasteiger partial charge in [0.05, 0.1) is 11.3 Å². The van der Waals surface area contributed by atoms with Crippen molar-refractivity contribution in [2.75, 3.05) is 5.32 Å². The Morgan fingerprint density at radius 1 is 1.00 bits per heavy atom. The number of halogens is 4. The van der Waals surface area contributed by atoms with Crippen LogP contribution in [-0.4, -0.2) is 6.09 Å². The van der Waals surface area contributed by atoms with Crippen LogP contribution in [0.3, 0.4) is 0 Å². The molecule has 0 aliphatic rings. The Labute approximate surface area is 117 Å². The minimum Gasteiger partial charge on any atom is -0.410 e. The summed E-state index contributed by atoms with van der Waals surface area (Å²) in [5, 5.41) is 1.94. The molecule has 1 amide bonds. The largest absolute Gasteiger partial charge is 0.419 e. The number of hydrogen-bond acceptors (Lipinski definition) is 2. The molecule has 0 bridgehead atoms. The minimum atomic E-state index is -4.84. The molecule has 2 rings (SSSR count). The lowest BCUT2D eigenvalue weighted by atomic mass is 10.2. The number of amides is 1. The zero-order valence-electron chi connectivity index (χ0n) is 10.4. The molecule has 7 heteroatoms. The van der Waals surface area contributed by atoms with E-state index in [1.807, 2.05) is 5.32 Å². The molecule has 2 aromatic carbocycles. The zero-order valence-corrected chi connectivity index (χ0v) is 10.4. The predicted molar refractivity (Wildman–Crippen MR) is 67.5 cm³/mol. The Hall–Kier alpha value is -2.57. The number of ether oxygens (including phenoxy) is 1. The highest BCUT2D eigenvalue weighted by molar-refractivity contribution is 5.86. The Morgan fingerprint density at radius 3 is 2.29 bits per heavy atom. The maximum Gasteiger partial charge on any atom is 0.419 e. The summed E-state index contributed by atoms with van der Waals surface area (Å²) < 4.78 is 56.1. The summed E-state index contributed by atoms with van der Waals surface area (Å²) in [4.78, 5) is 11.5. The first-order valence-corrected chi connectivity index (χ1v) is 5.77. The highest BCUT2D eigenvalue weighted by Crippen LogP contribution is 2.33. The number of hydrogen-bond donors (Lipinski definition) is 1. The molecule has 0 saturated carbocycles. The molecule has 1 N–H and O–H groups in total. The van der Waals surface area contributed by atoms with E-state index in [0.29, 0.717) is 6.07 Å². The zero-order chi connectivity index (χ0) is 15.5. The van der Waals surface area contributed by atoms with Crippen molar-refractivity contribution in [1.29, 1.82) is 0 Å². The number of anilines is 1. The van der Waals surface area contributed by atoms with Gasteiger partial charge < -0.3 is 4.74 Å². The summed E-state index contributed by atoms with van der Waals surface area (Å²) in [7, 11) is 0. The molecule has 3 nitrogen and oxygen atoms in total. The SMILES string of the molecule is O=C(Nc1cccc(C(F)(F)F)c1F)Oc1ccccc1. The van der Waals surface area contributed by atoms with Crippen LogP contribution in [0.25, 0.3) is 0 Å². The lowest BCUT2D eigenvalue weighted by Crippen LogP contribution is -2.19. The van der Waals surface area contributed by atoms with Gasteiger partial charge in [-0.25, -0.2) is 9.18 Å². The molecule has 0 atom stereocenters. The van der Waals surface area contributed by atoms with Gasteiger partial charge in [0, 0.05) is 0 Å². The van der Waals surface area contributed by atoms with Gasteiger partial charge in [-0.2, -0.15) is 13.2 Å². The number of carbonyl (C=O) groups excluding carboxylic acids is 1. The topological polar surface area (TPSA) is 38.3 Å². The van der Waals surface area contributed by atoms with Gasteiger partial charge in [-0.3, -0.25) is 5.32 Å². The molecule has 110 valence electrons. The predicted octanol–water partition coefficient (Wildman–Crippen LogP) is 4.46. The van der Waals surface area contributed by atoms with E-state index in [9.17, 15) is 22.4 Å². The third-order valence-electron chi connectivity index (χ3n) is 2.49. The summed E-state index contributed by atoms with van der Waals surface area (Å²) >= 11 is 0. The summed E-state index contributed by atoms with van der Waals surface area (Å²) in [6.45, 7) is 0. The van der Waals surface area contributed by atoms with Crippen LogP contribution < -0.4 is 10.1 Å². The van der Waals surface area contributed by atoms with Crippen LogP contribution in [-0.2, 0) is 6.18 Å². The van der Waals surface area contributed by atoms with Gasteiger partial charge in [-0.15, -0.1) is 0 Å². The number of alkyl halides is 3. The van der Waals surface area contributed by atoms with Crippen molar-refractivity contribution in [2.45, 2.75) is 6.18 Å². The molecule has 0 spiro atoms. The van der Waals surface area contributed by atoms with Crippen LogP contribution in [0.4, 0.5) is 28.0 Å². The van der Waals surface area contributed by atoms with Gasteiger partial charge in [0.2, 0.25) is 0 Å². The number of rotatable bonds is 2. The van der Waals surface area contributed by atoms with Crippen LogP contribution in [0.5, 0.6) is 5.75 Å². The average molecular weight is 299 g/mol. The third-order valence-corrected chi connectivity index (χ3v) is 2.49. The smallest absolute Gasteiger partial charge is 0.410 e. The van der Waals surface area contributed by atoms with E-state index >= 15 is 0 Å².